The molecule has 0 saturated carbocycles. The second kappa shape index (κ2) is 10.4. The van der Waals surface area contributed by atoms with Crippen LogP contribution in [0.5, 0.6) is 0 Å². The zero-order valence-corrected chi connectivity index (χ0v) is 20.7. The smallest absolute Gasteiger partial charge is 0.257 e. The minimum Gasteiger partial charge on any atom is -0.379 e. The first kappa shape index (κ1) is 23.2. The molecule has 1 amide bonds. The van der Waals surface area contributed by atoms with Gasteiger partial charge in [0.05, 0.1) is 25.0 Å². The number of nitrogens with zero attached hydrogens (tertiary/aromatic N) is 3. The number of benzene rings is 1. The number of nitrogens with one attached hydrogen (secondary N) is 1. The third-order valence-corrected chi connectivity index (χ3v) is 7.47. The lowest BCUT2D eigenvalue weighted by atomic mass is 10.1. The monoisotopic (exact) mass is 480 g/mol. The predicted molar refractivity (Wildman–Crippen MR) is 134 cm³/mol. The van der Waals surface area contributed by atoms with Gasteiger partial charge in [-0.15, -0.1) is 11.3 Å². The Hall–Kier alpha value is -2.52. The number of thiazole rings is 1. The van der Waals surface area contributed by atoms with E-state index < -0.39 is 0 Å². The quantitative estimate of drug-likeness (QED) is 0.540. The van der Waals surface area contributed by atoms with Crippen molar-refractivity contribution in [3.05, 3.63) is 58.2 Å². The van der Waals surface area contributed by atoms with E-state index in [2.05, 4.69) is 34.7 Å². The number of rotatable bonds is 7. The zero-order valence-electron chi connectivity index (χ0n) is 19.9. The van der Waals surface area contributed by atoms with Gasteiger partial charge in [-0.25, -0.2) is 4.98 Å². The molecule has 2 aliphatic heterocycles. The lowest BCUT2D eigenvalue weighted by Gasteiger charge is -2.26. The van der Waals surface area contributed by atoms with Gasteiger partial charge in [0.1, 0.15) is 0 Å². The molecule has 0 radical (unpaired) electrons. The van der Waals surface area contributed by atoms with E-state index in [0.717, 1.165) is 70.1 Å². The number of hydrogen-bond acceptors (Lipinski definition) is 6. The average molecular weight is 481 g/mol. The molecule has 1 unspecified atom stereocenters. The van der Waals surface area contributed by atoms with Gasteiger partial charge in [-0.05, 0) is 50.5 Å². The molecule has 0 aliphatic carbocycles. The summed E-state index contributed by atoms with van der Waals surface area (Å²) < 4.78 is 13.6. The second-order valence-corrected chi connectivity index (χ2v) is 9.97. The van der Waals surface area contributed by atoms with E-state index >= 15 is 0 Å². The van der Waals surface area contributed by atoms with E-state index in [0.29, 0.717) is 16.8 Å². The van der Waals surface area contributed by atoms with Gasteiger partial charge >= 0.3 is 0 Å². The molecule has 0 spiro atoms. The van der Waals surface area contributed by atoms with E-state index in [1.54, 1.807) is 0 Å². The van der Waals surface area contributed by atoms with Crippen molar-refractivity contribution < 1.29 is 14.3 Å². The first-order chi connectivity index (χ1) is 16.6. The van der Waals surface area contributed by atoms with Gasteiger partial charge in [-0.1, -0.05) is 12.1 Å². The number of hydrogen-bond donors (Lipinski definition) is 1. The third-order valence-electron chi connectivity index (χ3n) is 6.71. The number of anilines is 1. The molecule has 2 fully saturated rings. The Morgan fingerprint density at radius 3 is 2.71 bits per heavy atom. The molecule has 5 rings (SSSR count). The maximum atomic E-state index is 12.8. The van der Waals surface area contributed by atoms with E-state index in [-0.39, 0.29) is 5.91 Å². The SMILES string of the molecule is Cc1cc(-c2csc(NC(=O)c3ccc(CN4CCOCC4)cc3)n2)c(C)n1CC1CCCO1. The Morgan fingerprint density at radius 1 is 1.18 bits per heavy atom. The van der Waals surface area contributed by atoms with E-state index in [1.807, 2.05) is 29.6 Å². The normalized spacial score (nSPS) is 18.9. The van der Waals surface area contributed by atoms with Crippen molar-refractivity contribution >= 4 is 22.4 Å². The summed E-state index contributed by atoms with van der Waals surface area (Å²) in [5.74, 6) is -0.136. The van der Waals surface area contributed by atoms with Crippen LogP contribution in [-0.2, 0) is 22.6 Å². The molecule has 4 heterocycles. The number of carbonyl (C=O) groups excluding carboxylic acids is 1. The largest absolute Gasteiger partial charge is 0.379 e. The van der Waals surface area contributed by atoms with Crippen LogP contribution >= 0.6 is 11.3 Å². The average Bonchev–Trinajstić information content (AvgIpc) is 3.59. The molecule has 2 saturated heterocycles. The van der Waals surface area contributed by atoms with Crippen LogP contribution < -0.4 is 5.32 Å². The lowest BCUT2D eigenvalue weighted by Crippen LogP contribution is -2.35. The molecule has 3 aromatic rings. The fraction of sp³-hybridized carbons (Fsp3) is 0.462. The van der Waals surface area contributed by atoms with Crippen molar-refractivity contribution in [1.29, 1.82) is 0 Å². The summed E-state index contributed by atoms with van der Waals surface area (Å²) in [5, 5.41) is 5.59. The summed E-state index contributed by atoms with van der Waals surface area (Å²) in [6, 6.07) is 10.0. The van der Waals surface area contributed by atoms with Crippen molar-refractivity contribution in [3.63, 3.8) is 0 Å². The number of amides is 1. The van der Waals surface area contributed by atoms with Crippen molar-refractivity contribution in [2.75, 3.05) is 38.2 Å². The number of morpholine rings is 1. The Balaban J connectivity index is 1.22. The van der Waals surface area contributed by atoms with Gasteiger partial charge in [-0.2, -0.15) is 0 Å². The summed E-state index contributed by atoms with van der Waals surface area (Å²) in [6.07, 6.45) is 2.55. The van der Waals surface area contributed by atoms with E-state index in [1.165, 1.54) is 28.3 Å². The van der Waals surface area contributed by atoms with Crippen molar-refractivity contribution in [2.45, 2.75) is 45.9 Å². The summed E-state index contributed by atoms with van der Waals surface area (Å²) in [4.78, 5) is 19.9. The number of ether oxygens (including phenoxy) is 2. The Morgan fingerprint density at radius 2 is 1.97 bits per heavy atom. The van der Waals surface area contributed by atoms with Crippen LogP contribution in [0.1, 0.15) is 40.2 Å². The van der Waals surface area contributed by atoms with Crippen LogP contribution in [-0.4, -0.2) is 59.4 Å². The first-order valence-corrected chi connectivity index (χ1v) is 12.9. The molecule has 1 N–H and O–H groups in total. The highest BCUT2D eigenvalue weighted by atomic mass is 32.1. The standard InChI is InChI=1S/C26H32N4O3S/c1-18-14-23(19(2)30(18)16-22-4-3-11-33-22)24-17-34-26(27-24)28-25(31)21-7-5-20(6-8-21)15-29-9-12-32-13-10-29/h5-8,14,17,22H,3-4,9-13,15-16H2,1-2H3,(H,27,28,31). The van der Waals surface area contributed by atoms with Crippen LogP contribution in [0, 0.1) is 13.8 Å². The molecule has 2 aliphatic rings. The highest BCUT2D eigenvalue weighted by Gasteiger charge is 2.20. The number of carbonyl (C=O) groups is 1. The predicted octanol–water partition coefficient (Wildman–Crippen LogP) is 4.49. The molecule has 2 aromatic heterocycles. The number of aryl methyl sites for hydroxylation is 1. The van der Waals surface area contributed by atoms with Crippen LogP contribution in [0.3, 0.4) is 0 Å². The zero-order chi connectivity index (χ0) is 23.5. The van der Waals surface area contributed by atoms with E-state index in [9.17, 15) is 4.79 Å². The molecule has 34 heavy (non-hydrogen) atoms. The summed E-state index contributed by atoms with van der Waals surface area (Å²) >= 11 is 1.46. The maximum absolute atomic E-state index is 12.8. The Kier molecular flexibility index (Phi) is 7.10. The fourth-order valence-electron chi connectivity index (χ4n) is 4.74. The third kappa shape index (κ3) is 5.25. The molecular formula is C26H32N4O3S. The van der Waals surface area contributed by atoms with Gasteiger partial charge in [-0.3, -0.25) is 15.0 Å². The topological polar surface area (TPSA) is 68.6 Å². The molecule has 0 bridgehead atoms. The van der Waals surface area contributed by atoms with Crippen LogP contribution in [0.2, 0.25) is 0 Å². The maximum Gasteiger partial charge on any atom is 0.257 e. The first-order valence-electron chi connectivity index (χ1n) is 12.0. The van der Waals surface area contributed by atoms with Gasteiger partial charge < -0.3 is 14.0 Å². The summed E-state index contributed by atoms with van der Waals surface area (Å²) in [5.41, 5.74) is 6.24. The molecule has 7 nitrogen and oxygen atoms in total. The van der Waals surface area contributed by atoms with Crippen molar-refractivity contribution in [2.24, 2.45) is 0 Å². The fourth-order valence-corrected chi connectivity index (χ4v) is 5.44. The van der Waals surface area contributed by atoms with Crippen molar-refractivity contribution in [3.8, 4) is 11.3 Å². The molecule has 1 aromatic carbocycles. The highest BCUT2D eigenvalue weighted by molar-refractivity contribution is 7.14. The van der Waals surface area contributed by atoms with Gasteiger partial charge in [0.15, 0.2) is 5.13 Å². The highest BCUT2D eigenvalue weighted by Crippen LogP contribution is 2.31. The van der Waals surface area contributed by atoms with E-state index in [4.69, 9.17) is 14.5 Å². The van der Waals surface area contributed by atoms with Crippen LogP contribution in [0.4, 0.5) is 5.13 Å². The molecule has 1 atom stereocenters. The minimum absolute atomic E-state index is 0.136. The second-order valence-electron chi connectivity index (χ2n) is 9.11. The van der Waals surface area contributed by atoms with Gasteiger partial charge in [0.2, 0.25) is 0 Å². The molecule has 180 valence electrons. The van der Waals surface area contributed by atoms with Gasteiger partial charge in [0, 0.05) is 60.7 Å². The lowest BCUT2D eigenvalue weighted by molar-refractivity contribution is 0.0342. The van der Waals surface area contributed by atoms with Crippen LogP contribution in [0.15, 0.2) is 35.7 Å². The van der Waals surface area contributed by atoms with Crippen LogP contribution in [0.25, 0.3) is 11.3 Å². The van der Waals surface area contributed by atoms with Crippen molar-refractivity contribution in [1.82, 2.24) is 14.5 Å². The summed E-state index contributed by atoms with van der Waals surface area (Å²) in [6.45, 7) is 10.4. The number of aromatic nitrogens is 2. The Labute approximate surface area is 204 Å². The molecular weight excluding hydrogens is 448 g/mol. The Bertz CT molecular complexity index is 1130. The molecule has 8 heteroatoms. The summed E-state index contributed by atoms with van der Waals surface area (Å²) in [7, 11) is 0. The minimum atomic E-state index is -0.136. The van der Waals surface area contributed by atoms with Gasteiger partial charge in [0.25, 0.3) is 5.91 Å².